The van der Waals surface area contributed by atoms with Crippen molar-refractivity contribution in [1.29, 1.82) is 0 Å². The summed E-state index contributed by atoms with van der Waals surface area (Å²) in [5, 5.41) is 0. The molecule has 3 aromatic carbocycles. The standard InChI is InChI=1S/C24H20O4/c1-27-21-14-8-9-18(15-21)16-22(19-10-4-2-5-11-19)24(26)28-17-23(25)20-12-6-3-7-13-20/h2-16H,17H2,1H3. The van der Waals surface area contributed by atoms with Gasteiger partial charge in [-0.05, 0) is 29.3 Å². The second kappa shape index (κ2) is 9.33. The molecule has 4 nitrogen and oxygen atoms in total. The Hall–Kier alpha value is -3.66. The Bertz CT molecular complexity index is 976. The van der Waals surface area contributed by atoms with Crippen LogP contribution in [0.3, 0.4) is 0 Å². The molecule has 0 amide bonds. The van der Waals surface area contributed by atoms with Gasteiger partial charge in [-0.2, -0.15) is 0 Å². The van der Waals surface area contributed by atoms with Gasteiger partial charge in [0.05, 0.1) is 12.7 Å². The van der Waals surface area contributed by atoms with E-state index in [4.69, 9.17) is 9.47 Å². The lowest BCUT2D eigenvalue weighted by Crippen LogP contribution is -2.15. The first-order chi connectivity index (χ1) is 13.7. The molecule has 0 saturated carbocycles. The second-order valence-electron chi connectivity index (χ2n) is 6.07. The van der Waals surface area contributed by atoms with E-state index < -0.39 is 5.97 Å². The van der Waals surface area contributed by atoms with Crippen LogP contribution in [0.25, 0.3) is 11.6 Å². The Kier molecular flexibility index (Phi) is 6.37. The van der Waals surface area contributed by atoms with E-state index in [1.54, 1.807) is 37.5 Å². The van der Waals surface area contributed by atoms with E-state index in [-0.39, 0.29) is 12.4 Å². The highest BCUT2D eigenvalue weighted by Crippen LogP contribution is 2.22. The first-order valence-electron chi connectivity index (χ1n) is 8.84. The van der Waals surface area contributed by atoms with E-state index in [1.807, 2.05) is 60.7 Å². The fourth-order valence-electron chi connectivity index (χ4n) is 2.69. The molecule has 3 aromatic rings. The largest absolute Gasteiger partial charge is 0.497 e. The molecule has 0 bridgehead atoms. The topological polar surface area (TPSA) is 52.6 Å². The monoisotopic (exact) mass is 372 g/mol. The molecule has 0 aliphatic rings. The zero-order valence-corrected chi connectivity index (χ0v) is 15.5. The molecule has 0 spiro atoms. The van der Waals surface area contributed by atoms with Crippen LogP contribution in [0.5, 0.6) is 5.75 Å². The van der Waals surface area contributed by atoms with Crippen LogP contribution in [0.4, 0.5) is 0 Å². The van der Waals surface area contributed by atoms with E-state index in [0.29, 0.717) is 22.4 Å². The molecule has 3 rings (SSSR count). The fraction of sp³-hybridized carbons (Fsp3) is 0.0833. The molecule has 0 heterocycles. The van der Waals surface area contributed by atoms with Gasteiger partial charge >= 0.3 is 5.97 Å². The van der Waals surface area contributed by atoms with Crippen LogP contribution in [-0.4, -0.2) is 25.5 Å². The number of esters is 1. The van der Waals surface area contributed by atoms with Gasteiger partial charge < -0.3 is 9.47 Å². The second-order valence-corrected chi connectivity index (χ2v) is 6.07. The van der Waals surface area contributed by atoms with Crippen molar-refractivity contribution in [3.05, 3.63) is 102 Å². The Morgan fingerprint density at radius 2 is 1.46 bits per heavy atom. The van der Waals surface area contributed by atoms with Crippen LogP contribution in [-0.2, 0) is 9.53 Å². The van der Waals surface area contributed by atoms with Gasteiger partial charge in [0.1, 0.15) is 5.75 Å². The lowest BCUT2D eigenvalue weighted by atomic mass is 10.0. The summed E-state index contributed by atoms with van der Waals surface area (Å²) in [5.41, 5.74) is 2.38. The van der Waals surface area contributed by atoms with Crippen molar-refractivity contribution < 1.29 is 19.1 Å². The van der Waals surface area contributed by atoms with Gasteiger partial charge in [-0.15, -0.1) is 0 Å². The fourth-order valence-corrected chi connectivity index (χ4v) is 2.69. The Labute approximate surface area is 164 Å². The van der Waals surface area contributed by atoms with Crippen LogP contribution >= 0.6 is 0 Å². The van der Waals surface area contributed by atoms with E-state index in [0.717, 1.165) is 5.56 Å². The first-order valence-corrected chi connectivity index (χ1v) is 8.84. The normalized spacial score (nSPS) is 11.0. The Balaban J connectivity index is 1.83. The minimum Gasteiger partial charge on any atom is -0.497 e. The van der Waals surface area contributed by atoms with Crippen molar-refractivity contribution >= 4 is 23.4 Å². The summed E-state index contributed by atoms with van der Waals surface area (Å²) in [5.74, 6) is -0.116. The van der Waals surface area contributed by atoms with E-state index in [2.05, 4.69) is 0 Å². The summed E-state index contributed by atoms with van der Waals surface area (Å²) in [6, 6.07) is 25.3. The summed E-state index contributed by atoms with van der Waals surface area (Å²) < 4.78 is 10.6. The maximum Gasteiger partial charge on any atom is 0.339 e. The SMILES string of the molecule is COc1cccc(C=C(C(=O)OCC(=O)c2ccccc2)c2ccccc2)c1. The molecule has 4 heteroatoms. The van der Waals surface area contributed by atoms with Crippen molar-refractivity contribution in [3.8, 4) is 5.75 Å². The molecule has 0 saturated heterocycles. The number of hydrogen-bond donors (Lipinski definition) is 0. The van der Waals surface area contributed by atoms with Crippen molar-refractivity contribution in [2.24, 2.45) is 0 Å². The number of carbonyl (C=O) groups is 2. The summed E-state index contributed by atoms with van der Waals surface area (Å²) in [7, 11) is 1.59. The summed E-state index contributed by atoms with van der Waals surface area (Å²) in [6.07, 6.45) is 1.73. The van der Waals surface area contributed by atoms with Gasteiger partial charge in [0.25, 0.3) is 0 Å². The summed E-state index contributed by atoms with van der Waals surface area (Å²) >= 11 is 0. The van der Waals surface area contributed by atoms with Gasteiger partial charge in [-0.3, -0.25) is 4.79 Å². The first kappa shape index (κ1) is 19.1. The molecule has 0 aliphatic carbocycles. The predicted octanol–water partition coefficient (Wildman–Crippen LogP) is 4.66. The quantitative estimate of drug-likeness (QED) is 0.262. The maximum absolute atomic E-state index is 12.8. The van der Waals surface area contributed by atoms with Crippen LogP contribution in [0.2, 0.25) is 0 Å². The molecule has 0 radical (unpaired) electrons. The van der Waals surface area contributed by atoms with Crippen LogP contribution in [0.15, 0.2) is 84.9 Å². The molecule has 28 heavy (non-hydrogen) atoms. The van der Waals surface area contributed by atoms with Crippen molar-refractivity contribution in [2.45, 2.75) is 0 Å². The summed E-state index contributed by atoms with van der Waals surface area (Å²) in [6.45, 7) is -0.314. The average Bonchev–Trinajstić information content (AvgIpc) is 2.77. The van der Waals surface area contributed by atoms with Gasteiger partial charge in [0.15, 0.2) is 12.4 Å². The number of Topliss-reactive ketones (excluding diaryl/α,β-unsaturated/α-hetero) is 1. The average molecular weight is 372 g/mol. The highest BCUT2D eigenvalue weighted by atomic mass is 16.5. The molecule has 140 valence electrons. The molecule has 0 fully saturated rings. The molecule has 0 unspecified atom stereocenters. The van der Waals surface area contributed by atoms with Gasteiger partial charge in [-0.1, -0.05) is 72.8 Å². The van der Waals surface area contributed by atoms with E-state index >= 15 is 0 Å². The number of benzene rings is 3. The lowest BCUT2D eigenvalue weighted by Gasteiger charge is -2.09. The van der Waals surface area contributed by atoms with Crippen LogP contribution < -0.4 is 4.74 Å². The third-order valence-corrected chi connectivity index (χ3v) is 4.14. The number of ketones is 1. The highest BCUT2D eigenvalue weighted by molar-refractivity contribution is 6.22. The molecular formula is C24H20O4. The molecule has 0 aromatic heterocycles. The molecular weight excluding hydrogens is 352 g/mol. The van der Waals surface area contributed by atoms with Crippen LogP contribution in [0, 0.1) is 0 Å². The minimum atomic E-state index is -0.557. The van der Waals surface area contributed by atoms with Crippen molar-refractivity contribution in [1.82, 2.24) is 0 Å². The van der Waals surface area contributed by atoms with Crippen molar-refractivity contribution in [2.75, 3.05) is 13.7 Å². The Morgan fingerprint density at radius 3 is 2.11 bits per heavy atom. The number of rotatable bonds is 7. The van der Waals surface area contributed by atoms with Gasteiger partial charge in [0, 0.05) is 5.56 Å². The van der Waals surface area contributed by atoms with Gasteiger partial charge in [-0.25, -0.2) is 4.79 Å². The molecule has 0 N–H and O–H groups in total. The van der Waals surface area contributed by atoms with Gasteiger partial charge in [0.2, 0.25) is 0 Å². The van der Waals surface area contributed by atoms with Crippen molar-refractivity contribution in [3.63, 3.8) is 0 Å². The maximum atomic E-state index is 12.8. The molecule has 0 aliphatic heterocycles. The molecule has 0 atom stereocenters. The third kappa shape index (κ3) is 4.95. The highest BCUT2D eigenvalue weighted by Gasteiger charge is 2.16. The van der Waals surface area contributed by atoms with E-state index in [9.17, 15) is 9.59 Å². The Morgan fingerprint density at radius 1 is 0.821 bits per heavy atom. The minimum absolute atomic E-state index is 0.247. The van der Waals surface area contributed by atoms with Crippen LogP contribution in [0.1, 0.15) is 21.5 Å². The smallest absolute Gasteiger partial charge is 0.339 e. The summed E-state index contributed by atoms with van der Waals surface area (Å²) in [4.78, 5) is 25.0. The number of methoxy groups -OCH3 is 1. The number of hydrogen-bond acceptors (Lipinski definition) is 4. The predicted molar refractivity (Wildman–Crippen MR) is 109 cm³/mol. The van der Waals surface area contributed by atoms with E-state index in [1.165, 1.54) is 0 Å². The number of carbonyl (C=O) groups excluding carboxylic acids is 2. The zero-order chi connectivity index (χ0) is 19.8. The lowest BCUT2D eigenvalue weighted by molar-refractivity contribution is -0.135. The number of ether oxygens (including phenoxy) is 2. The third-order valence-electron chi connectivity index (χ3n) is 4.14. The zero-order valence-electron chi connectivity index (χ0n) is 15.5.